The number of nitrogens with one attached hydrogen (secondary N) is 1. The van der Waals surface area contributed by atoms with Gasteiger partial charge in [0, 0.05) is 36.2 Å². The van der Waals surface area contributed by atoms with Crippen LogP contribution in [0.4, 0.5) is 5.13 Å². The molecule has 0 spiro atoms. The van der Waals surface area contributed by atoms with Crippen molar-refractivity contribution in [2.24, 2.45) is 11.8 Å². The zero-order chi connectivity index (χ0) is 15.3. The molecular formula is C16H31N3S. The van der Waals surface area contributed by atoms with Crippen LogP contribution >= 0.6 is 11.3 Å². The highest BCUT2D eigenvalue weighted by molar-refractivity contribution is 7.15. The number of hydrogen-bond acceptors (Lipinski definition) is 4. The summed E-state index contributed by atoms with van der Waals surface area (Å²) in [6, 6.07) is 0. The van der Waals surface area contributed by atoms with E-state index in [1.54, 1.807) is 0 Å². The molecule has 1 rings (SSSR count). The average molecular weight is 298 g/mol. The Hall–Kier alpha value is -0.610. The van der Waals surface area contributed by atoms with E-state index in [0.717, 1.165) is 24.8 Å². The largest absolute Gasteiger partial charge is 0.348 e. The van der Waals surface area contributed by atoms with E-state index in [2.05, 4.69) is 63.7 Å². The molecule has 116 valence electrons. The lowest BCUT2D eigenvalue weighted by Gasteiger charge is -2.25. The fraction of sp³-hybridized carbons (Fsp3) is 0.812. The molecule has 20 heavy (non-hydrogen) atoms. The molecule has 1 heterocycles. The van der Waals surface area contributed by atoms with Gasteiger partial charge >= 0.3 is 0 Å². The van der Waals surface area contributed by atoms with Gasteiger partial charge in [0.15, 0.2) is 5.13 Å². The minimum absolute atomic E-state index is 0.152. The molecule has 0 atom stereocenters. The number of hydrogen-bond donors (Lipinski definition) is 1. The summed E-state index contributed by atoms with van der Waals surface area (Å²) >= 11 is 1.82. The minimum Gasteiger partial charge on any atom is -0.348 e. The Bertz CT molecular complexity index is 381. The van der Waals surface area contributed by atoms with Crippen LogP contribution in [-0.4, -0.2) is 23.6 Å². The van der Waals surface area contributed by atoms with Crippen LogP contribution in [0.3, 0.4) is 0 Å². The quantitative estimate of drug-likeness (QED) is 0.819. The number of rotatable bonds is 7. The van der Waals surface area contributed by atoms with Crippen molar-refractivity contribution in [3.63, 3.8) is 0 Å². The fourth-order valence-electron chi connectivity index (χ4n) is 1.99. The van der Waals surface area contributed by atoms with Gasteiger partial charge in [-0.3, -0.25) is 0 Å². The molecule has 0 fully saturated rings. The molecule has 4 heteroatoms. The Balaban J connectivity index is 2.70. The number of anilines is 1. The summed E-state index contributed by atoms with van der Waals surface area (Å²) in [5.41, 5.74) is 0.152. The molecule has 0 unspecified atom stereocenters. The fourth-order valence-corrected chi connectivity index (χ4v) is 2.86. The normalized spacial score (nSPS) is 12.4. The molecule has 0 aliphatic carbocycles. The molecule has 0 saturated heterocycles. The number of nitrogens with zero attached hydrogens (tertiary/aromatic N) is 2. The first-order valence-electron chi connectivity index (χ1n) is 7.62. The van der Waals surface area contributed by atoms with Crippen molar-refractivity contribution in [3.8, 4) is 0 Å². The van der Waals surface area contributed by atoms with Gasteiger partial charge in [0.25, 0.3) is 0 Å². The lowest BCUT2D eigenvalue weighted by Crippen LogP contribution is -2.34. The Morgan fingerprint density at radius 1 is 1.15 bits per heavy atom. The van der Waals surface area contributed by atoms with Crippen LogP contribution in [0.1, 0.15) is 53.3 Å². The molecule has 0 amide bonds. The summed E-state index contributed by atoms with van der Waals surface area (Å²) in [6.45, 7) is 18.7. The Morgan fingerprint density at radius 3 is 2.15 bits per heavy atom. The van der Waals surface area contributed by atoms with Crippen LogP contribution in [0.15, 0.2) is 6.20 Å². The molecule has 0 saturated carbocycles. The first-order valence-corrected chi connectivity index (χ1v) is 8.43. The third-order valence-corrected chi connectivity index (χ3v) is 3.83. The maximum absolute atomic E-state index is 4.63. The van der Waals surface area contributed by atoms with Crippen molar-refractivity contribution in [2.75, 3.05) is 18.0 Å². The SMILES string of the molecule is CC(C)CN(CC(C)C)c1ncc(CNC(C)(C)C)s1. The first-order chi connectivity index (χ1) is 9.17. The highest BCUT2D eigenvalue weighted by Gasteiger charge is 2.15. The van der Waals surface area contributed by atoms with Crippen molar-refractivity contribution in [3.05, 3.63) is 11.1 Å². The lowest BCUT2D eigenvalue weighted by atomic mass is 10.1. The van der Waals surface area contributed by atoms with E-state index in [1.165, 1.54) is 4.88 Å². The lowest BCUT2D eigenvalue weighted by molar-refractivity contribution is 0.426. The Kier molecular flexibility index (Phi) is 6.46. The van der Waals surface area contributed by atoms with Gasteiger partial charge in [0.2, 0.25) is 0 Å². The van der Waals surface area contributed by atoms with Gasteiger partial charge in [-0.05, 0) is 32.6 Å². The van der Waals surface area contributed by atoms with Gasteiger partial charge in [0.1, 0.15) is 0 Å². The third-order valence-electron chi connectivity index (χ3n) is 2.78. The van der Waals surface area contributed by atoms with Crippen molar-refractivity contribution >= 4 is 16.5 Å². The molecule has 0 radical (unpaired) electrons. The van der Waals surface area contributed by atoms with Crippen molar-refractivity contribution in [1.29, 1.82) is 0 Å². The standard InChI is InChI=1S/C16H31N3S/c1-12(2)10-19(11-13(3)4)15-17-8-14(20-15)9-18-16(5,6)7/h8,12-13,18H,9-11H2,1-7H3. The smallest absolute Gasteiger partial charge is 0.185 e. The molecule has 0 aliphatic rings. The average Bonchev–Trinajstić information content (AvgIpc) is 2.71. The van der Waals surface area contributed by atoms with E-state index < -0.39 is 0 Å². The van der Waals surface area contributed by atoms with Gasteiger partial charge in [-0.2, -0.15) is 0 Å². The van der Waals surface area contributed by atoms with Crippen molar-refractivity contribution in [1.82, 2.24) is 10.3 Å². The van der Waals surface area contributed by atoms with E-state index in [-0.39, 0.29) is 5.54 Å². The predicted octanol–water partition coefficient (Wildman–Crippen LogP) is 4.15. The Morgan fingerprint density at radius 2 is 1.70 bits per heavy atom. The molecule has 1 N–H and O–H groups in total. The number of thiazole rings is 1. The second-order valence-corrected chi connectivity index (χ2v) is 8.50. The predicted molar refractivity (Wildman–Crippen MR) is 90.6 cm³/mol. The minimum atomic E-state index is 0.152. The summed E-state index contributed by atoms with van der Waals surface area (Å²) in [7, 11) is 0. The van der Waals surface area contributed by atoms with Crippen LogP contribution in [0.2, 0.25) is 0 Å². The number of aromatic nitrogens is 1. The van der Waals surface area contributed by atoms with Crippen LogP contribution in [0.5, 0.6) is 0 Å². The van der Waals surface area contributed by atoms with E-state index in [9.17, 15) is 0 Å². The van der Waals surface area contributed by atoms with Crippen LogP contribution in [-0.2, 0) is 6.54 Å². The zero-order valence-electron chi connectivity index (χ0n) is 14.2. The summed E-state index contributed by atoms with van der Waals surface area (Å²) in [4.78, 5) is 8.37. The highest BCUT2D eigenvalue weighted by Crippen LogP contribution is 2.24. The second-order valence-electron chi connectivity index (χ2n) is 7.41. The molecule has 3 nitrogen and oxygen atoms in total. The van der Waals surface area contributed by atoms with Crippen LogP contribution in [0, 0.1) is 11.8 Å². The van der Waals surface area contributed by atoms with E-state index in [4.69, 9.17) is 0 Å². The molecule has 0 aromatic carbocycles. The van der Waals surface area contributed by atoms with Crippen molar-refractivity contribution < 1.29 is 0 Å². The van der Waals surface area contributed by atoms with E-state index >= 15 is 0 Å². The van der Waals surface area contributed by atoms with Gasteiger partial charge in [-0.1, -0.05) is 27.7 Å². The molecular weight excluding hydrogens is 266 g/mol. The highest BCUT2D eigenvalue weighted by atomic mass is 32.1. The van der Waals surface area contributed by atoms with Crippen molar-refractivity contribution in [2.45, 2.75) is 60.5 Å². The van der Waals surface area contributed by atoms with Gasteiger partial charge in [0.05, 0.1) is 0 Å². The summed E-state index contributed by atoms with van der Waals surface area (Å²) in [5.74, 6) is 1.32. The van der Waals surface area contributed by atoms with Gasteiger partial charge in [-0.25, -0.2) is 4.98 Å². The van der Waals surface area contributed by atoms with E-state index in [1.807, 2.05) is 17.5 Å². The summed E-state index contributed by atoms with van der Waals surface area (Å²) in [6.07, 6.45) is 2.02. The van der Waals surface area contributed by atoms with Gasteiger partial charge < -0.3 is 10.2 Å². The maximum atomic E-state index is 4.63. The molecule has 0 bridgehead atoms. The van der Waals surface area contributed by atoms with Crippen LogP contribution in [0.25, 0.3) is 0 Å². The maximum Gasteiger partial charge on any atom is 0.185 e. The molecule has 0 aliphatic heterocycles. The molecule has 1 aromatic rings. The van der Waals surface area contributed by atoms with E-state index in [0.29, 0.717) is 11.8 Å². The van der Waals surface area contributed by atoms with Crippen LogP contribution < -0.4 is 10.2 Å². The zero-order valence-corrected chi connectivity index (χ0v) is 15.0. The topological polar surface area (TPSA) is 28.2 Å². The third kappa shape index (κ3) is 6.71. The molecule has 1 aromatic heterocycles. The second kappa shape index (κ2) is 7.41. The summed E-state index contributed by atoms with van der Waals surface area (Å²) in [5, 5.41) is 4.69. The summed E-state index contributed by atoms with van der Waals surface area (Å²) < 4.78 is 0. The first kappa shape index (κ1) is 17.4. The monoisotopic (exact) mass is 297 g/mol. The Labute approximate surface area is 128 Å². The van der Waals surface area contributed by atoms with Gasteiger partial charge in [-0.15, -0.1) is 11.3 Å².